The Hall–Kier alpha value is -0.120. The van der Waals surface area contributed by atoms with Crippen molar-refractivity contribution in [2.24, 2.45) is 0 Å². The van der Waals surface area contributed by atoms with Crippen LogP contribution in [0.5, 0.6) is 0 Å². The van der Waals surface area contributed by atoms with E-state index in [9.17, 15) is 0 Å². The lowest BCUT2D eigenvalue weighted by atomic mass is 9.73. The molecule has 2 rings (SSSR count). The van der Waals surface area contributed by atoms with E-state index >= 15 is 0 Å². The van der Waals surface area contributed by atoms with Crippen LogP contribution >= 0.6 is 0 Å². The van der Waals surface area contributed by atoms with Gasteiger partial charge in [0.2, 0.25) is 0 Å². The van der Waals surface area contributed by atoms with E-state index in [0.29, 0.717) is 6.04 Å². The first-order valence-corrected chi connectivity index (χ1v) is 6.28. The Morgan fingerprint density at radius 1 is 1.47 bits per heavy atom. The van der Waals surface area contributed by atoms with Crippen molar-refractivity contribution >= 4 is 0 Å². The number of aliphatic hydroxyl groups is 1. The van der Waals surface area contributed by atoms with Gasteiger partial charge in [-0.25, -0.2) is 0 Å². The fourth-order valence-corrected chi connectivity index (χ4v) is 2.96. The maximum atomic E-state index is 9.03. The molecule has 15 heavy (non-hydrogen) atoms. The predicted octanol–water partition coefficient (Wildman–Crippen LogP) is 1.40. The highest BCUT2D eigenvalue weighted by Gasteiger charge is 2.43. The highest BCUT2D eigenvalue weighted by molar-refractivity contribution is 4.96. The van der Waals surface area contributed by atoms with Gasteiger partial charge in [0.25, 0.3) is 0 Å². The first-order valence-electron chi connectivity index (χ1n) is 6.28. The third-order valence-corrected chi connectivity index (χ3v) is 4.04. The first kappa shape index (κ1) is 11.4. The smallest absolute Gasteiger partial charge is 0.0697 e. The second kappa shape index (κ2) is 4.81. The number of rotatable bonds is 4. The number of nitrogens with zero attached hydrogens (tertiary/aromatic N) is 1. The SMILES string of the molecule is CCN(CCO)C1CCOC2(CCC2)C1. The molecule has 1 atom stereocenters. The number of likely N-dealkylation sites (N-methyl/N-ethyl adjacent to an activating group) is 1. The average molecular weight is 213 g/mol. The van der Waals surface area contributed by atoms with Crippen LogP contribution in [0.4, 0.5) is 0 Å². The molecule has 0 radical (unpaired) electrons. The zero-order chi connectivity index (χ0) is 10.7. The first-order chi connectivity index (χ1) is 7.29. The van der Waals surface area contributed by atoms with E-state index in [2.05, 4.69) is 11.8 Å². The van der Waals surface area contributed by atoms with Crippen molar-refractivity contribution < 1.29 is 9.84 Å². The van der Waals surface area contributed by atoms with Crippen LogP contribution in [0.3, 0.4) is 0 Å². The Morgan fingerprint density at radius 2 is 2.27 bits per heavy atom. The molecule has 0 aromatic heterocycles. The van der Waals surface area contributed by atoms with Crippen molar-refractivity contribution in [3.05, 3.63) is 0 Å². The maximum absolute atomic E-state index is 9.03. The monoisotopic (exact) mass is 213 g/mol. The minimum absolute atomic E-state index is 0.228. The lowest BCUT2D eigenvalue weighted by Gasteiger charge is -2.49. The largest absolute Gasteiger partial charge is 0.395 e. The van der Waals surface area contributed by atoms with Crippen molar-refractivity contribution in [3.8, 4) is 0 Å². The lowest BCUT2D eigenvalue weighted by Crippen LogP contribution is -2.52. The van der Waals surface area contributed by atoms with Gasteiger partial charge in [-0.1, -0.05) is 6.92 Å². The van der Waals surface area contributed by atoms with Crippen LogP contribution in [-0.4, -0.2) is 48.0 Å². The maximum Gasteiger partial charge on any atom is 0.0697 e. The molecule has 0 aromatic carbocycles. The van der Waals surface area contributed by atoms with Gasteiger partial charge in [-0.2, -0.15) is 0 Å². The van der Waals surface area contributed by atoms with Crippen LogP contribution in [0.15, 0.2) is 0 Å². The molecule has 1 aliphatic heterocycles. The molecule has 0 bridgehead atoms. The fraction of sp³-hybridized carbons (Fsp3) is 1.00. The molecule has 1 aliphatic carbocycles. The van der Waals surface area contributed by atoms with Crippen molar-refractivity contribution in [2.75, 3.05) is 26.3 Å². The van der Waals surface area contributed by atoms with E-state index in [-0.39, 0.29) is 12.2 Å². The molecular weight excluding hydrogens is 190 g/mol. The van der Waals surface area contributed by atoms with Gasteiger partial charge in [0.05, 0.1) is 12.2 Å². The van der Waals surface area contributed by atoms with Gasteiger partial charge in [0.15, 0.2) is 0 Å². The summed E-state index contributed by atoms with van der Waals surface area (Å²) in [6.07, 6.45) is 6.15. The molecule has 1 spiro atoms. The summed E-state index contributed by atoms with van der Waals surface area (Å²) in [5, 5.41) is 9.03. The number of hydrogen-bond acceptors (Lipinski definition) is 3. The van der Waals surface area contributed by atoms with Gasteiger partial charge in [-0.3, -0.25) is 4.90 Å². The zero-order valence-corrected chi connectivity index (χ0v) is 9.74. The highest BCUT2D eigenvalue weighted by atomic mass is 16.5. The topological polar surface area (TPSA) is 32.7 Å². The summed E-state index contributed by atoms with van der Waals surface area (Å²) in [6.45, 7) is 5.22. The molecule has 1 saturated heterocycles. The molecular formula is C12H23NO2. The molecule has 1 N–H and O–H groups in total. The van der Waals surface area contributed by atoms with Crippen molar-refractivity contribution in [3.63, 3.8) is 0 Å². The van der Waals surface area contributed by atoms with E-state index in [4.69, 9.17) is 9.84 Å². The van der Waals surface area contributed by atoms with Gasteiger partial charge in [0.1, 0.15) is 0 Å². The average Bonchev–Trinajstić information content (AvgIpc) is 2.24. The Kier molecular flexibility index (Phi) is 3.65. The summed E-state index contributed by atoms with van der Waals surface area (Å²) in [5.74, 6) is 0. The Bertz CT molecular complexity index is 204. The van der Waals surface area contributed by atoms with Crippen molar-refractivity contribution in [1.29, 1.82) is 0 Å². The molecule has 3 heteroatoms. The van der Waals surface area contributed by atoms with E-state index < -0.39 is 0 Å². The summed E-state index contributed by atoms with van der Waals surface area (Å²) < 4.78 is 5.92. The van der Waals surface area contributed by atoms with Gasteiger partial charge >= 0.3 is 0 Å². The van der Waals surface area contributed by atoms with E-state index in [1.165, 1.54) is 25.7 Å². The number of aliphatic hydroxyl groups excluding tert-OH is 1. The molecule has 1 unspecified atom stereocenters. The summed E-state index contributed by atoms with van der Waals surface area (Å²) in [6, 6.07) is 0.635. The predicted molar refractivity (Wildman–Crippen MR) is 59.9 cm³/mol. The second-order valence-corrected chi connectivity index (χ2v) is 4.88. The van der Waals surface area contributed by atoms with Gasteiger partial charge in [0, 0.05) is 19.2 Å². The zero-order valence-electron chi connectivity index (χ0n) is 9.74. The van der Waals surface area contributed by atoms with Crippen LogP contribution in [0.2, 0.25) is 0 Å². The third-order valence-electron chi connectivity index (χ3n) is 4.04. The second-order valence-electron chi connectivity index (χ2n) is 4.88. The molecule has 1 saturated carbocycles. The quantitative estimate of drug-likeness (QED) is 0.766. The van der Waals surface area contributed by atoms with Crippen molar-refractivity contribution in [2.45, 2.75) is 50.7 Å². The van der Waals surface area contributed by atoms with Crippen LogP contribution in [0, 0.1) is 0 Å². The lowest BCUT2D eigenvalue weighted by molar-refractivity contribution is -0.148. The van der Waals surface area contributed by atoms with Crippen LogP contribution in [0.1, 0.15) is 39.0 Å². The van der Waals surface area contributed by atoms with Gasteiger partial charge < -0.3 is 9.84 Å². The number of ether oxygens (including phenoxy) is 1. The van der Waals surface area contributed by atoms with Crippen LogP contribution in [-0.2, 0) is 4.74 Å². The minimum Gasteiger partial charge on any atom is -0.395 e. The standard InChI is InChI=1S/C12H23NO2/c1-2-13(7-8-14)11-4-9-15-12(10-11)5-3-6-12/h11,14H,2-10H2,1H3. The summed E-state index contributed by atoms with van der Waals surface area (Å²) >= 11 is 0. The van der Waals surface area contributed by atoms with Gasteiger partial charge in [-0.15, -0.1) is 0 Å². The highest BCUT2D eigenvalue weighted by Crippen LogP contribution is 2.43. The molecule has 0 amide bonds. The normalized spacial score (nSPS) is 29.4. The van der Waals surface area contributed by atoms with Crippen LogP contribution in [0.25, 0.3) is 0 Å². The van der Waals surface area contributed by atoms with E-state index in [0.717, 1.165) is 26.1 Å². The molecule has 1 heterocycles. The summed E-state index contributed by atoms with van der Waals surface area (Å²) in [5.41, 5.74) is 0.228. The van der Waals surface area contributed by atoms with Crippen LogP contribution < -0.4 is 0 Å². The Balaban J connectivity index is 1.90. The molecule has 0 aromatic rings. The summed E-state index contributed by atoms with van der Waals surface area (Å²) in [7, 11) is 0. The third kappa shape index (κ3) is 2.35. The van der Waals surface area contributed by atoms with Crippen molar-refractivity contribution in [1.82, 2.24) is 4.90 Å². The number of hydrogen-bond donors (Lipinski definition) is 1. The Labute approximate surface area is 92.4 Å². The molecule has 88 valence electrons. The molecule has 3 nitrogen and oxygen atoms in total. The summed E-state index contributed by atoms with van der Waals surface area (Å²) in [4.78, 5) is 2.41. The minimum atomic E-state index is 0.228. The van der Waals surface area contributed by atoms with E-state index in [1.807, 2.05) is 0 Å². The Morgan fingerprint density at radius 3 is 2.80 bits per heavy atom. The van der Waals surface area contributed by atoms with E-state index in [1.54, 1.807) is 0 Å². The fourth-order valence-electron chi connectivity index (χ4n) is 2.96. The molecule has 2 aliphatic rings. The van der Waals surface area contributed by atoms with Gasteiger partial charge in [-0.05, 0) is 38.6 Å². The molecule has 2 fully saturated rings.